The number of hydrogen-bond acceptors (Lipinski definition) is 2. The van der Waals surface area contributed by atoms with Crippen molar-refractivity contribution < 1.29 is 22.8 Å². The molecule has 0 aliphatic carbocycles. The lowest BCUT2D eigenvalue weighted by atomic mass is 9.97. The summed E-state index contributed by atoms with van der Waals surface area (Å²) in [6, 6.07) is 11.8. The number of hydrogen-bond donors (Lipinski definition) is 0. The molecular formula is C19H16F3NO2. The molecule has 0 radical (unpaired) electrons. The molecule has 25 heavy (non-hydrogen) atoms. The van der Waals surface area contributed by atoms with Gasteiger partial charge in [0.2, 0.25) is 11.8 Å². The Morgan fingerprint density at radius 2 is 1.76 bits per heavy atom. The second kappa shape index (κ2) is 6.35. The van der Waals surface area contributed by atoms with Crippen LogP contribution in [-0.2, 0) is 22.2 Å². The zero-order chi connectivity index (χ0) is 18.2. The predicted molar refractivity (Wildman–Crippen MR) is 86.9 cm³/mol. The van der Waals surface area contributed by atoms with E-state index in [9.17, 15) is 22.8 Å². The third-order valence-electron chi connectivity index (χ3n) is 4.26. The van der Waals surface area contributed by atoms with E-state index in [1.54, 1.807) is 0 Å². The van der Waals surface area contributed by atoms with Gasteiger partial charge in [-0.15, -0.1) is 0 Å². The molecule has 1 unspecified atom stereocenters. The maximum absolute atomic E-state index is 12.6. The molecule has 3 rings (SSSR count). The molecule has 0 aromatic heterocycles. The van der Waals surface area contributed by atoms with Gasteiger partial charge >= 0.3 is 6.18 Å². The Bertz CT molecular complexity index is 812. The fourth-order valence-electron chi connectivity index (χ4n) is 3.05. The molecule has 0 spiro atoms. The number of carbonyl (C=O) groups is 2. The molecular weight excluding hydrogens is 331 g/mol. The first-order valence-corrected chi connectivity index (χ1v) is 7.85. The summed E-state index contributed by atoms with van der Waals surface area (Å²) in [4.78, 5) is 25.8. The van der Waals surface area contributed by atoms with E-state index in [0.717, 1.165) is 40.3 Å². The Hall–Kier alpha value is -2.63. The van der Waals surface area contributed by atoms with E-state index in [4.69, 9.17) is 0 Å². The van der Waals surface area contributed by atoms with Crippen molar-refractivity contribution in [2.75, 3.05) is 4.90 Å². The van der Waals surface area contributed by atoms with Crippen molar-refractivity contribution in [3.8, 4) is 0 Å². The zero-order valence-electron chi connectivity index (χ0n) is 13.5. The van der Waals surface area contributed by atoms with E-state index < -0.39 is 17.7 Å². The van der Waals surface area contributed by atoms with Gasteiger partial charge in [-0.3, -0.25) is 14.5 Å². The highest BCUT2D eigenvalue weighted by molar-refractivity contribution is 6.21. The van der Waals surface area contributed by atoms with Crippen molar-refractivity contribution in [2.24, 2.45) is 5.92 Å². The lowest BCUT2D eigenvalue weighted by Gasteiger charge is -2.16. The van der Waals surface area contributed by atoms with Gasteiger partial charge in [0, 0.05) is 6.42 Å². The van der Waals surface area contributed by atoms with Gasteiger partial charge in [-0.25, -0.2) is 0 Å². The molecule has 2 aromatic carbocycles. The first-order chi connectivity index (χ1) is 11.8. The van der Waals surface area contributed by atoms with E-state index in [0.29, 0.717) is 6.42 Å². The zero-order valence-corrected chi connectivity index (χ0v) is 13.5. The van der Waals surface area contributed by atoms with Crippen LogP contribution in [0.25, 0.3) is 0 Å². The van der Waals surface area contributed by atoms with Gasteiger partial charge in [0.1, 0.15) is 0 Å². The number of amides is 2. The molecule has 0 saturated carbocycles. The van der Waals surface area contributed by atoms with Crippen LogP contribution in [0.5, 0.6) is 0 Å². The molecule has 1 saturated heterocycles. The molecule has 1 aliphatic heterocycles. The molecule has 0 bridgehead atoms. The van der Waals surface area contributed by atoms with Gasteiger partial charge in [0.25, 0.3) is 0 Å². The Morgan fingerprint density at radius 3 is 2.36 bits per heavy atom. The van der Waals surface area contributed by atoms with Crippen LogP contribution in [0, 0.1) is 12.8 Å². The second-order valence-corrected chi connectivity index (χ2v) is 6.21. The van der Waals surface area contributed by atoms with Crippen LogP contribution in [0.2, 0.25) is 0 Å². The summed E-state index contributed by atoms with van der Waals surface area (Å²) in [6.45, 7) is 1.94. The molecule has 1 heterocycles. The van der Waals surface area contributed by atoms with Gasteiger partial charge < -0.3 is 0 Å². The van der Waals surface area contributed by atoms with Crippen LogP contribution in [0.4, 0.5) is 18.9 Å². The monoisotopic (exact) mass is 347 g/mol. The molecule has 0 N–H and O–H groups in total. The van der Waals surface area contributed by atoms with Crippen molar-refractivity contribution in [3.05, 3.63) is 65.2 Å². The largest absolute Gasteiger partial charge is 0.416 e. The summed E-state index contributed by atoms with van der Waals surface area (Å²) >= 11 is 0. The number of carbonyl (C=O) groups excluding carboxylic acids is 2. The van der Waals surface area contributed by atoms with Crippen molar-refractivity contribution in [1.82, 2.24) is 0 Å². The maximum Gasteiger partial charge on any atom is 0.416 e. The minimum absolute atomic E-state index is 0.0633. The van der Waals surface area contributed by atoms with Crippen LogP contribution >= 0.6 is 0 Å². The standard InChI is InChI=1S/C19H16F3NO2/c1-12-3-2-4-13(9-12)10-14-11-17(24)23(18(14)25)16-7-5-15(6-8-16)19(20,21)22/h2-9,14H,10-11H2,1H3. The molecule has 1 fully saturated rings. The van der Waals surface area contributed by atoms with Gasteiger partial charge in [-0.1, -0.05) is 29.8 Å². The average molecular weight is 347 g/mol. The number of alkyl halides is 3. The van der Waals surface area contributed by atoms with Crippen molar-refractivity contribution in [2.45, 2.75) is 25.9 Å². The summed E-state index contributed by atoms with van der Waals surface area (Å²) in [5.41, 5.74) is 1.38. The molecule has 6 heteroatoms. The average Bonchev–Trinajstić information content (AvgIpc) is 2.81. The van der Waals surface area contributed by atoms with Gasteiger partial charge in [-0.05, 0) is 43.2 Å². The Balaban J connectivity index is 1.79. The number of aryl methyl sites for hydroxylation is 1. The van der Waals surface area contributed by atoms with E-state index in [-0.39, 0.29) is 23.9 Å². The van der Waals surface area contributed by atoms with E-state index >= 15 is 0 Å². The minimum Gasteiger partial charge on any atom is -0.274 e. The normalized spacial score (nSPS) is 18.1. The highest BCUT2D eigenvalue weighted by Gasteiger charge is 2.39. The summed E-state index contributed by atoms with van der Waals surface area (Å²) in [5, 5.41) is 0. The quantitative estimate of drug-likeness (QED) is 0.783. The minimum atomic E-state index is -4.45. The molecule has 2 amide bonds. The first kappa shape index (κ1) is 17.2. The molecule has 130 valence electrons. The van der Waals surface area contributed by atoms with Gasteiger partial charge in [-0.2, -0.15) is 13.2 Å². The van der Waals surface area contributed by atoms with E-state index in [1.807, 2.05) is 31.2 Å². The molecule has 1 atom stereocenters. The topological polar surface area (TPSA) is 37.4 Å². The number of rotatable bonds is 3. The second-order valence-electron chi connectivity index (χ2n) is 6.21. The molecule has 2 aromatic rings. The Kier molecular flexibility index (Phi) is 4.37. The van der Waals surface area contributed by atoms with E-state index in [2.05, 4.69) is 0 Å². The van der Waals surface area contributed by atoms with Crippen LogP contribution in [0.15, 0.2) is 48.5 Å². The third kappa shape index (κ3) is 3.57. The smallest absolute Gasteiger partial charge is 0.274 e. The highest BCUT2D eigenvalue weighted by atomic mass is 19.4. The van der Waals surface area contributed by atoms with Crippen LogP contribution in [-0.4, -0.2) is 11.8 Å². The number of halogens is 3. The van der Waals surface area contributed by atoms with Crippen LogP contribution < -0.4 is 4.90 Å². The van der Waals surface area contributed by atoms with Gasteiger partial charge in [0.15, 0.2) is 0 Å². The van der Waals surface area contributed by atoms with Crippen LogP contribution in [0.1, 0.15) is 23.1 Å². The lowest BCUT2D eigenvalue weighted by molar-refractivity contribution is -0.137. The summed E-state index contributed by atoms with van der Waals surface area (Å²) in [6.07, 6.45) is -3.96. The number of nitrogens with zero attached hydrogens (tertiary/aromatic N) is 1. The summed E-state index contributed by atoms with van der Waals surface area (Å²) < 4.78 is 37.9. The number of anilines is 1. The summed E-state index contributed by atoms with van der Waals surface area (Å²) in [7, 11) is 0. The van der Waals surface area contributed by atoms with Crippen LogP contribution in [0.3, 0.4) is 0 Å². The fraction of sp³-hybridized carbons (Fsp3) is 0.263. The van der Waals surface area contributed by atoms with Crippen molar-refractivity contribution >= 4 is 17.5 Å². The van der Waals surface area contributed by atoms with Crippen molar-refractivity contribution in [3.63, 3.8) is 0 Å². The van der Waals surface area contributed by atoms with E-state index in [1.165, 1.54) is 0 Å². The third-order valence-corrected chi connectivity index (χ3v) is 4.26. The number of benzene rings is 2. The Labute approximate surface area is 143 Å². The fourth-order valence-corrected chi connectivity index (χ4v) is 3.05. The maximum atomic E-state index is 12.6. The highest BCUT2D eigenvalue weighted by Crippen LogP contribution is 2.33. The molecule has 1 aliphatic rings. The SMILES string of the molecule is Cc1cccc(CC2CC(=O)N(c3ccc(C(F)(F)F)cc3)C2=O)c1. The van der Waals surface area contributed by atoms with Crippen molar-refractivity contribution in [1.29, 1.82) is 0 Å². The first-order valence-electron chi connectivity index (χ1n) is 7.85. The number of imide groups is 1. The molecule has 3 nitrogen and oxygen atoms in total. The summed E-state index contributed by atoms with van der Waals surface area (Å²) in [5.74, 6) is -1.25. The lowest BCUT2D eigenvalue weighted by Crippen LogP contribution is -2.30. The van der Waals surface area contributed by atoms with Gasteiger partial charge in [0.05, 0.1) is 17.2 Å². The Morgan fingerprint density at radius 1 is 1.08 bits per heavy atom. The predicted octanol–water partition coefficient (Wildman–Crippen LogP) is 4.14.